The third kappa shape index (κ3) is 5.17. The molecule has 1 aromatic rings. The van der Waals surface area contributed by atoms with Crippen LogP contribution in [0.2, 0.25) is 0 Å². The molecule has 0 spiro atoms. The van der Waals surface area contributed by atoms with Crippen molar-refractivity contribution in [3.05, 3.63) is 29.3 Å². The molecule has 1 aliphatic heterocycles. The molecule has 0 aliphatic carbocycles. The normalized spacial score (nSPS) is 21.0. The second-order valence-corrected chi connectivity index (χ2v) is 7.58. The fourth-order valence-electron chi connectivity index (χ4n) is 2.75. The summed E-state index contributed by atoms with van der Waals surface area (Å²) in [5.41, 5.74) is 0.851. The molecule has 6 nitrogen and oxygen atoms in total. The van der Waals surface area contributed by atoms with Gasteiger partial charge in [-0.3, -0.25) is 0 Å². The Bertz CT molecular complexity index is 679. The van der Waals surface area contributed by atoms with Crippen molar-refractivity contribution in [1.82, 2.24) is 10.0 Å². The van der Waals surface area contributed by atoms with Gasteiger partial charge in [0, 0.05) is 12.1 Å². The lowest BCUT2D eigenvalue weighted by Gasteiger charge is -2.28. The van der Waals surface area contributed by atoms with E-state index in [9.17, 15) is 13.2 Å². The van der Waals surface area contributed by atoms with Crippen molar-refractivity contribution in [2.24, 2.45) is 0 Å². The first kappa shape index (κ1) is 20.9. The topological polar surface area (TPSA) is 84.5 Å². The summed E-state index contributed by atoms with van der Waals surface area (Å²) in [7, 11) is -3.67. The van der Waals surface area contributed by atoms with E-state index >= 15 is 0 Å². The minimum atomic E-state index is -3.67. The van der Waals surface area contributed by atoms with E-state index in [0.717, 1.165) is 19.4 Å². The van der Waals surface area contributed by atoms with E-state index in [-0.39, 0.29) is 41.6 Å². The molecule has 136 valence electrons. The maximum atomic E-state index is 12.7. The summed E-state index contributed by atoms with van der Waals surface area (Å²) < 4.78 is 33.1. The van der Waals surface area contributed by atoms with E-state index in [2.05, 4.69) is 10.0 Å². The molecule has 1 aromatic carbocycles. The van der Waals surface area contributed by atoms with Crippen molar-refractivity contribution in [2.45, 2.75) is 50.6 Å². The van der Waals surface area contributed by atoms with Crippen LogP contribution in [0.5, 0.6) is 0 Å². The Morgan fingerprint density at radius 3 is 2.75 bits per heavy atom. The second-order valence-electron chi connectivity index (χ2n) is 5.90. The van der Waals surface area contributed by atoms with Crippen LogP contribution in [-0.2, 0) is 14.8 Å². The Hall–Kier alpha value is -1.15. The number of ether oxygens (including phenoxy) is 1. The van der Waals surface area contributed by atoms with Crippen molar-refractivity contribution in [3.63, 3.8) is 0 Å². The van der Waals surface area contributed by atoms with Crippen LogP contribution in [0.15, 0.2) is 23.1 Å². The Morgan fingerprint density at radius 2 is 2.12 bits per heavy atom. The predicted molar refractivity (Wildman–Crippen MR) is 95.2 cm³/mol. The Morgan fingerprint density at radius 1 is 1.42 bits per heavy atom. The molecule has 1 aliphatic rings. The standard InChI is InChI=1S/C16H24N2O4S.ClH/c1-4-22-16(19)13-6-5-11(2)15(10-13)23(20,21)18-14-7-8-17-12(3)9-14;/h5-6,10,12,14,17-18H,4,7-9H2,1-3H3;1H. The smallest absolute Gasteiger partial charge is 0.338 e. The average Bonchev–Trinajstić information content (AvgIpc) is 2.47. The van der Waals surface area contributed by atoms with Gasteiger partial charge in [-0.1, -0.05) is 6.07 Å². The number of carbonyl (C=O) groups excluding carboxylic acids is 1. The lowest BCUT2D eigenvalue weighted by Crippen LogP contribution is -2.46. The zero-order valence-corrected chi connectivity index (χ0v) is 15.8. The van der Waals surface area contributed by atoms with Gasteiger partial charge in [0.15, 0.2) is 0 Å². The number of halogens is 1. The number of aryl methyl sites for hydroxylation is 1. The first-order valence-corrected chi connectivity index (χ1v) is 9.35. The van der Waals surface area contributed by atoms with E-state index in [4.69, 9.17) is 4.74 Å². The molecule has 1 fully saturated rings. The Balaban J connectivity index is 0.00000288. The zero-order valence-electron chi connectivity index (χ0n) is 14.2. The number of hydrogen-bond acceptors (Lipinski definition) is 5. The van der Waals surface area contributed by atoms with E-state index in [1.807, 2.05) is 6.92 Å². The van der Waals surface area contributed by atoms with Crippen molar-refractivity contribution in [1.29, 1.82) is 0 Å². The van der Waals surface area contributed by atoms with Gasteiger partial charge in [-0.15, -0.1) is 12.4 Å². The number of piperidine rings is 1. The maximum Gasteiger partial charge on any atom is 0.338 e. The number of benzene rings is 1. The van der Waals surface area contributed by atoms with Crippen molar-refractivity contribution < 1.29 is 17.9 Å². The van der Waals surface area contributed by atoms with E-state index in [1.165, 1.54) is 6.07 Å². The number of carbonyl (C=O) groups is 1. The van der Waals surface area contributed by atoms with E-state index in [0.29, 0.717) is 5.56 Å². The molecular formula is C16H25ClN2O4S. The van der Waals surface area contributed by atoms with Gasteiger partial charge in [0.25, 0.3) is 0 Å². The summed E-state index contributed by atoms with van der Waals surface area (Å²) in [5, 5.41) is 3.29. The van der Waals surface area contributed by atoms with Crippen LogP contribution in [0, 0.1) is 6.92 Å². The van der Waals surface area contributed by atoms with Crippen LogP contribution < -0.4 is 10.0 Å². The fraction of sp³-hybridized carbons (Fsp3) is 0.562. The molecule has 2 rings (SSSR count). The molecule has 1 heterocycles. The third-order valence-corrected chi connectivity index (χ3v) is 5.60. The Labute approximate surface area is 149 Å². The quantitative estimate of drug-likeness (QED) is 0.768. The Kier molecular flexibility index (Phi) is 7.66. The molecule has 0 amide bonds. The summed E-state index contributed by atoms with van der Waals surface area (Å²) in [6.45, 7) is 6.50. The highest BCUT2D eigenvalue weighted by Gasteiger charge is 2.26. The third-order valence-electron chi connectivity index (χ3n) is 3.93. The zero-order chi connectivity index (χ0) is 17.0. The maximum absolute atomic E-state index is 12.7. The summed E-state index contributed by atoms with van der Waals surface area (Å²) in [6, 6.07) is 4.79. The summed E-state index contributed by atoms with van der Waals surface area (Å²) in [6.07, 6.45) is 1.50. The molecule has 1 saturated heterocycles. The molecule has 2 unspecified atom stereocenters. The molecular weight excluding hydrogens is 352 g/mol. The molecule has 0 saturated carbocycles. The molecule has 0 aromatic heterocycles. The summed E-state index contributed by atoms with van der Waals surface area (Å²) in [5.74, 6) is -0.514. The monoisotopic (exact) mass is 376 g/mol. The minimum Gasteiger partial charge on any atom is -0.462 e. The predicted octanol–water partition coefficient (Wildman–Crippen LogP) is 2.01. The first-order valence-electron chi connectivity index (χ1n) is 7.87. The highest BCUT2D eigenvalue weighted by atomic mass is 35.5. The number of esters is 1. The summed E-state index contributed by atoms with van der Waals surface area (Å²) >= 11 is 0. The first-order chi connectivity index (χ1) is 10.8. The average molecular weight is 377 g/mol. The lowest BCUT2D eigenvalue weighted by molar-refractivity contribution is 0.0526. The molecule has 0 radical (unpaired) electrons. The van der Waals surface area contributed by atoms with Crippen LogP contribution in [0.1, 0.15) is 42.6 Å². The second kappa shape index (κ2) is 8.80. The number of hydrogen-bond donors (Lipinski definition) is 2. The highest BCUT2D eigenvalue weighted by molar-refractivity contribution is 7.89. The number of nitrogens with one attached hydrogen (secondary N) is 2. The summed E-state index contributed by atoms with van der Waals surface area (Å²) in [4.78, 5) is 12.0. The SMILES string of the molecule is CCOC(=O)c1ccc(C)c(S(=O)(=O)NC2CCNC(C)C2)c1.Cl. The van der Waals surface area contributed by atoms with Gasteiger partial charge in [-0.25, -0.2) is 17.9 Å². The van der Waals surface area contributed by atoms with Crippen LogP contribution in [0.25, 0.3) is 0 Å². The van der Waals surface area contributed by atoms with Crippen LogP contribution >= 0.6 is 12.4 Å². The van der Waals surface area contributed by atoms with Crippen LogP contribution in [0.4, 0.5) is 0 Å². The van der Waals surface area contributed by atoms with E-state index in [1.54, 1.807) is 26.0 Å². The number of sulfonamides is 1. The van der Waals surface area contributed by atoms with Crippen LogP contribution in [-0.4, -0.2) is 39.6 Å². The van der Waals surface area contributed by atoms with Gasteiger partial charge >= 0.3 is 5.97 Å². The van der Waals surface area contributed by atoms with Gasteiger partial charge in [-0.2, -0.15) is 0 Å². The van der Waals surface area contributed by atoms with Crippen LogP contribution in [0.3, 0.4) is 0 Å². The molecule has 24 heavy (non-hydrogen) atoms. The molecule has 2 N–H and O–H groups in total. The van der Waals surface area contributed by atoms with Gasteiger partial charge in [0.2, 0.25) is 10.0 Å². The van der Waals surface area contributed by atoms with Crippen molar-refractivity contribution in [2.75, 3.05) is 13.2 Å². The van der Waals surface area contributed by atoms with Crippen molar-refractivity contribution >= 4 is 28.4 Å². The van der Waals surface area contributed by atoms with Gasteiger partial charge in [0.05, 0.1) is 17.1 Å². The fourth-order valence-corrected chi connectivity index (χ4v) is 4.31. The minimum absolute atomic E-state index is 0. The molecule has 2 atom stereocenters. The number of rotatable bonds is 5. The molecule has 8 heteroatoms. The van der Waals surface area contributed by atoms with E-state index < -0.39 is 16.0 Å². The molecule has 0 bridgehead atoms. The van der Waals surface area contributed by atoms with Gasteiger partial charge < -0.3 is 10.1 Å². The largest absolute Gasteiger partial charge is 0.462 e. The van der Waals surface area contributed by atoms with Gasteiger partial charge in [-0.05, 0) is 57.9 Å². The van der Waals surface area contributed by atoms with Gasteiger partial charge in [0.1, 0.15) is 0 Å². The highest BCUT2D eigenvalue weighted by Crippen LogP contribution is 2.20. The lowest BCUT2D eigenvalue weighted by atomic mass is 10.0. The van der Waals surface area contributed by atoms with Crippen molar-refractivity contribution in [3.8, 4) is 0 Å².